The van der Waals surface area contributed by atoms with Gasteiger partial charge in [-0.05, 0) is 69.5 Å². The number of benzene rings is 2. The SMILES string of the molecule is Cc1cc(C)n(-c2ccccc2NC(=O)N[C@H](C)CCc2ccc(O)cc2)n1. The third-order valence-corrected chi connectivity index (χ3v) is 4.57. The largest absolute Gasteiger partial charge is 0.508 e. The number of phenols is 1. The average molecular weight is 378 g/mol. The highest BCUT2D eigenvalue weighted by Gasteiger charge is 2.12. The predicted octanol–water partition coefficient (Wildman–Crippen LogP) is 4.34. The number of hydrogen-bond acceptors (Lipinski definition) is 3. The number of rotatable bonds is 6. The molecule has 2 aromatic carbocycles. The zero-order chi connectivity index (χ0) is 20.1. The molecule has 0 aliphatic rings. The number of aromatic nitrogens is 2. The van der Waals surface area contributed by atoms with Crippen LogP contribution in [0.1, 0.15) is 30.3 Å². The minimum atomic E-state index is -0.243. The van der Waals surface area contributed by atoms with Crippen LogP contribution in [-0.2, 0) is 6.42 Å². The molecule has 0 spiro atoms. The lowest BCUT2D eigenvalue weighted by molar-refractivity contribution is 0.248. The van der Waals surface area contributed by atoms with Crippen LogP contribution in [0.15, 0.2) is 54.6 Å². The summed E-state index contributed by atoms with van der Waals surface area (Å²) in [6, 6.07) is 16.5. The molecule has 6 nitrogen and oxygen atoms in total. The zero-order valence-corrected chi connectivity index (χ0v) is 16.4. The highest BCUT2D eigenvalue weighted by molar-refractivity contribution is 5.91. The third kappa shape index (κ3) is 4.91. The highest BCUT2D eigenvalue weighted by atomic mass is 16.3. The number of amides is 2. The van der Waals surface area contributed by atoms with Gasteiger partial charge in [0.15, 0.2) is 0 Å². The molecule has 3 aromatic rings. The molecule has 146 valence electrons. The second kappa shape index (κ2) is 8.61. The summed E-state index contributed by atoms with van der Waals surface area (Å²) in [6.45, 7) is 5.91. The van der Waals surface area contributed by atoms with E-state index in [0.29, 0.717) is 5.69 Å². The number of nitrogens with one attached hydrogen (secondary N) is 2. The molecule has 3 rings (SSSR count). The maximum Gasteiger partial charge on any atom is 0.319 e. The third-order valence-electron chi connectivity index (χ3n) is 4.57. The Balaban J connectivity index is 1.60. The number of phenolic OH excluding ortho intramolecular Hbond substituents is 1. The molecule has 0 aliphatic heterocycles. The van der Waals surface area contributed by atoms with Crippen molar-refractivity contribution in [2.24, 2.45) is 0 Å². The minimum Gasteiger partial charge on any atom is -0.508 e. The maximum absolute atomic E-state index is 12.5. The molecule has 0 saturated carbocycles. The first-order valence-electron chi connectivity index (χ1n) is 9.40. The fraction of sp³-hybridized carbons (Fsp3) is 0.273. The topological polar surface area (TPSA) is 79.2 Å². The van der Waals surface area contributed by atoms with Crippen LogP contribution < -0.4 is 10.6 Å². The fourth-order valence-corrected chi connectivity index (χ4v) is 3.14. The van der Waals surface area contributed by atoms with Crippen molar-refractivity contribution < 1.29 is 9.90 Å². The van der Waals surface area contributed by atoms with E-state index in [4.69, 9.17) is 0 Å². The number of aromatic hydroxyl groups is 1. The fourth-order valence-electron chi connectivity index (χ4n) is 3.14. The molecular formula is C22H26N4O2. The van der Waals surface area contributed by atoms with Gasteiger partial charge in [-0.1, -0.05) is 24.3 Å². The second-order valence-corrected chi connectivity index (χ2v) is 7.06. The smallest absolute Gasteiger partial charge is 0.319 e. The zero-order valence-electron chi connectivity index (χ0n) is 16.4. The molecule has 1 atom stereocenters. The molecule has 0 saturated heterocycles. The Morgan fingerprint density at radius 2 is 1.86 bits per heavy atom. The van der Waals surface area contributed by atoms with Crippen LogP contribution in [0.3, 0.4) is 0 Å². The van der Waals surface area contributed by atoms with E-state index in [1.165, 1.54) is 0 Å². The van der Waals surface area contributed by atoms with Gasteiger partial charge < -0.3 is 15.7 Å². The van der Waals surface area contributed by atoms with E-state index in [0.717, 1.165) is 35.5 Å². The summed E-state index contributed by atoms with van der Waals surface area (Å²) in [4.78, 5) is 12.5. The quantitative estimate of drug-likeness (QED) is 0.597. The molecule has 28 heavy (non-hydrogen) atoms. The molecule has 0 bridgehead atoms. The Hall–Kier alpha value is -3.28. The summed E-state index contributed by atoms with van der Waals surface area (Å²) in [5, 5.41) is 19.8. The molecule has 0 aliphatic carbocycles. The average Bonchev–Trinajstić information content (AvgIpc) is 2.99. The summed E-state index contributed by atoms with van der Waals surface area (Å²) in [6.07, 6.45) is 1.63. The first kappa shape index (κ1) is 19.5. The van der Waals surface area contributed by atoms with Gasteiger partial charge in [0.2, 0.25) is 0 Å². The van der Waals surface area contributed by atoms with Gasteiger partial charge in [0.25, 0.3) is 0 Å². The molecule has 1 heterocycles. The van der Waals surface area contributed by atoms with E-state index in [2.05, 4.69) is 15.7 Å². The number of carbonyl (C=O) groups excluding carboxylic acids is 1. The number of nitrogens with zero attached hydrogens (tertiary/aromatic N) is 2. The van der Waals surface area contributed by atoms with Gasteiger partial charge in [0, 0.05) is 11.7 Å². The van der Waals surface area contributed by atoms with Crippen molar-refractivity contribution in [1.29, 1.82) is 0 Å². The van der Waals surface area contributed by atoms with Gasteiger partial charge in [-0.2, -0.15) is 5.10 Å². The van der Waals surface area contributed by atoms with Crippen molar-refractivity contribution in [3.8, 4) is 11.4 Å². The van der Waals surface area contributed by atoms with Crippen LogP contribution in [0.2, 0.25) is 0 Å². The summed E-state index contributed by atoms with van der Waals surface area (Å²) >= 11 is 0. The molecular weight excluding hydrogens is 352 g/mol. The molecule has 6 heteroatoms. The van der Waals surface area contributed by atoms with Crippen LogP contribution in [0.4, 0.5) is 10.5 Å². The van der Waals surface area contributed by atoms with Crippen molar-refractivity contribution in [2.75, 3.05) is 5.32 Å². The van der Waals surface area contributed by atoms with E-state index in [1.807, 2.05) is 67.9 Å². The van der Waals surface area contributed by atoms with Crippen molar-refractivity contribution in [3.63, 3.8) is 0 Å². The Kier molecular flexibility index (Phi) is 5.99. The van der Waals surface area contributed by atoms with E-state index >= 15 is 0 Å². The lowest BCUT2D eigenvalue weighted by atomic mass is 10.1. The number of aryl methyl sites for hydroxylation is 3. The maximum atomic E-state index is 12.5. The molecule has 0 unspecified atom stereocenters. The van der Waals surface area contributed by atoms with E-state index in [-0.39, 0.29) is 17.8 Å². The second-order valence-electron chi connectivity index (χ2n) is 7.06. The first-order chi connectivity index (χ1) is 13.4. The summed E-state index contributed by atoms with van der Waals surface area (Å²) in [5.41, 5.74) is 4.60. The van der Waals surface area contributed by atoms with Gasteiger partial charge in [-0.3, -0.25) is 0 Å². The number of carbonyl (C=O) groups is 1. The van der Waals surface area contributed by atoms with Gasteiger partial charge in [-0.25, -0.2) is 9.48 Å². The highest BCUT2D eigenvalue weighted by Crippen LogP contribution is 2.21. The van der Waals surface area contributed by atoms with Crippen LogP contribution in [0.5, 0.6) is 5.75 Å². The van der Waals surface area contributed by atoms with E-state index < -0.39 is 0 Å². The Bertz CT molecular complexity index is 947. The normalized spacial score (nSPS) is 11.8. The van der Waals surface area contributed by atoms with E-state index in [9.17, 15) is 9.90 Å². The Morgan fingerprint density at radius 1 is 1.14 bits per heavy atom. The van der Waals surface area contributed by atoms with Crippen LogP contribution >= 0.6 is 0 Å². The first-order valence-corrected chi connectivity index (χ1v) is 9.40. The van der Waals surface area contributed by atoms with Crippen LogP contribution in [0.25, 0.3) is 5.69 Å². The molecule has 1 aromatic heterocycles. The van der Waals surface area contributed by atoms with Crippen molar-refractivity contribution in [2.45, 2.75) is 39.7 Å². The van der Waals surface area contributed by atoms with E-state index in [1.54, 1.807) is 12.1 Å². The monoisotopic (exact) mass is 378 g/mol. The Labute approximate surface area is 165 Å². The molecule has 3 N–H and O–H groups in total. The number of anilines is 1. The molecule has 2 amide bonds. The molecule has 0 fully saturated rings. The lowest BCUT2D eigenvalue weighted by Crippen LogP contribution is -2.36. The molecule has 0 radical (unpaired) electrons. The van der Waals surface area contributed by atoms with Crippen molar-refractivity contribution in [1.82, 2.24) is 15.1 Å². The van der Waals surface area contributed by atoms with Crippen molar-refractivity contribution >= 4 is 11.7 Å². The predicted molar refractivity (Wildman–Crippen MR) is 111 cm³/mol. The standard InChI is InChI=1S/C22H26N4O2/c1-15(8-9-18-10-12-19(27)13-11-18)23-22(28)24-20-6-4-5-7-21(20)26-17(3)14-16(2)25-26/h4-7,10-15,27H,8-9H2,1-3H3,(H2,23,24,28)/t15-/m1/s1. The van der Waals surface area contributed by atoms with Crippen molar-refractivity contribution in [3.05, 3.63) is 71.5 Å². The number of hydrogen-bond donors (Lipinski definition) is 3. The number of para-hydroxylation sites is 2. The Morgan fingerprint density at radius 3 is 2.54 bits per heavy atom. The minimum absolute atomic E-state index is 0.00893. The van der Waals surface area contributed by atoms with Gasteiger partial charge >= 0.3 is 6.03 Å². The van der Waals surface area contributed by atoms with Gasteiger partial charge in [-0.15, -0.1) is 0 Å². The lowest BCUT2D eigenvalue weighted by Gasteiger charge is -2.17. The summed E-state index contributed by atoms with van der Waals surface area (Å²) < 4.78 is 1.83. The summed E-state index contributed by atoms with van der Waals surface area (Å²) in [7, 11) is 0. The van der Waals surface area contributed by atoms with Crippen LogP contribution in [0, 0.1) is 13.8 Å². The van der Waals surface area contributed by atoms with Gasteiger partial charge in [0.1, 0.15) is 5.75 Å². The summed E-state index contributed by atoms with van der Waals surface area (Å²) in [5.74, 6) is 0.260. The van der Waals surface area contributed by atoms with Crippen LogP contribution in [-0.4, -0.2) is 27.0 Å². The van der Waals surface area contributed by atoms with Gasteiger partial charge in [0.05, 0.1) is 17.1 Å². The number of urea groups is 1.